The van der Waals surface area contributed by atoms with Crippen molar-refractivity contribution in [2.75, 3.05) is 7.11 Å². The van der Waals surface area contributed by atoms with Crippen LogP contribution in [0.1, 0.15) is 15.9 Å². The SMILES string of the molecule is COC(=O)c1cn(-c2cccc(C)c2)cc2c(=O)n(-c3ccccc3)nc1-2. The molecule has 0 aromatic heterocycles. The van der Waals surface area contributed by atoms with Crippen LogP contribution in [0.4, 0.5) is 0 Å². The standard InChI is InChI=1S/C21H17N3O3/c1-14-7-6-10-16(11-14)23-12-17-19(18(13-23)21(26)27-2)22-24(20(17)25)15-8-4-3-5-9-15/h3-13H,1-2H3. The van der Waals surface area contributed by atoms with Crippen molar-refractivity contribution in [3.05, 3.63) is 88.5 Å². The Kier molecular flexibility index (Phi) is 4.08. The molecule has 2 heterocycles. The topological polar surface area (TPSA) is 66.1 Å². The van der Waals surface area contributed by atoms with Crippen LogP contribution < -0.4 is 5.56 Å². The molecule has 27 heavy (non-hydrogen) atoms. The molecule has 134 valence electrons. The van der Waals surface area contributed by atoms with Gasteiger partial charge in [0.05, 0.1) is 18.4 Å². The summed E-state index contributed by atoms with van der Waals surface area (Å²) in [5, 5.41) is 4.39. The van der Waals surface area contributed by atoms with E-state index in [2.05, 4.69) is 5.10 Å². The summed E-state index contributed by atoms with van der Waals surface area (Å²) in [6, 6.07) is 16.9. The fourth-order valence-electron chi connectivity index (χ4n) is 3.05. The third kappa shape index (κ3) is 2.91. The first kappa shape index (κ1) is 16.8. The number of carbonyl (C=O) groups excluding carboxylic acids is 1. The minimum Gasteiger partial charge on any atom is -0.465 e. The van der Waals surface area contributed by atoms with Gasteiger partial charge >= 0.3 is 5.97 Å². The molecule has 0 unspecified atom stereocenters. The van der Waals surface area contributed by atoms with Crippen molar-refractivity contribution in [2.24, 2.45) is 0 Å². The van der Waals surface area contributed by atoms with E-state index < -0.39 is 5.97 Å². The van der Waals surface area contributed by atoms with Gasteiger partial charge in [-0.25, -0.2) is 4.79 Å². The molecule has 4 rings (SSSR count). The second-order valence-corrected chi connectivity index (χ2v) is 6.22. The van der Waals surface area contributed by atoms with Crippen LogP contribution in [0.5, 0.6) is 0 Å². The lowest BCUT2D eigenvalue weighted by Crippen LogP contribution is -2.15. The Morgan fingerprint density at radius 2 is 1.74 bits per heavy atom. The number of ether oxygens (including phenoxy) is 1. The number of fused-ring (bicyclic) bond motifs is 1. The molecule has 0 aliphatic carbocycles. The largest absolute Gasteiger partial charge is 0.465 e. The van der Waals surface area contributed by atoms with Gasteiger partial charge in [-0.3, -0.25) is 4.79 Å². The predicted molar refractivity (Wildman–Crippen MR) is 102 cm³/mol. The van der Waals surface area contributed by atoms with Gasteiger partial charge in [0.15, 0.2) is 0 Å². The summed E-state index contributed by atoms with van der Waals surface area (Å²) >= 11 is 0. The summed E-state index contributed by atoms with van der Waals surface area (Å²) in [6.45, 7) is 1.98. The molecule has 0 amide bonds. The van der Waals surface area contributed by atoms with Crippen LogP contribution in [0.15, 0.2) is 71.8 Å². The number of carbonyl (C=O) groups is 1. The minimum absolute atomic E-state index is 0.239. The summed E-state index contributed by atoms with van der Waals surface area (Å²) in [5.41, 5.74) is 3.17. The molecule has 2 aliphatic rings. The summed E-state index contributed by atoms with van der Waals surface area (Å²) < 4.78 is 7.96. The molecule has 0 saturated heterocycles. The number of benzene rings is 2. The van der Waals surface area contributed by atoms with Crippen LogP contribution in [-0.4, -0.2) is 27.4 Å². The van der Waals surface area contributed by atoms with Gasteiger partial charge in [0, 0.05) is 18.1 Å². The van der Waals surface area contributed by atoms with Crippen molar-refractivity contribution in [3.63, 3.8) is 0 Å². The fourth-order valence-corrected chi connectivity index (χ4v) is 3.05. The van der Waals surface area contributed by atoms with E-state index in [1.165, 1.54) is 11.8 Å². The Morgan fingerprint density at radius 3 is 2.44 bits per heavy atom. The number of esters is 1. The van der Waals surface area contributed by atoms with Crippen LogP contribution in [0, 0.1) is 6.92 Å². The van der Waals surface area contributed by atoms with Gasteiger partial charge in [-0.1, -0.05) is 30.3 Å². The molecule has 2 aromatic rings. The lowest BCUT2D eigenvalue weighted by molar-refractivity contribution is 0.0600. The Morgan fingerprint density at radius 1 is 1.00 bits per heavy atom. The van der Waals surface area contributed by atoms with E-state index in [1.807, 2.05) is 49.4 Å². The summed E-state index contributed by atoms with van der Waals surface area (Å²) in [6.07, 6.45) is 3.34. The highest BCUT2D eigenvalue weighted by atomic mass is 16.5. The lowest BCUT2D eigenvalue weighted by Gasteiger charge is -2.12. The zero-order valence-corrected chi connectivity index (χ0v) is 14.9. The van der Waals surface area contributed by atoms with Crippen molar-refractivity contribution < 1.29 is 9.53 Å². The van der Waals surface area contributed by atoms with Crippen molar-refractivity contribution in [1.82, 2.24) is 14.3 Å². The Hall–Kier alpha value is -3.67. The number of nitrogens with zero attached hydrogens (tertiary/aromatic N) is 3. The van der Waals surface area contributed by atoms with Gasteiger partial charge in [-0.2, -0.15) is 9.78 Å². The molecule has 0 radical (unpaired) electrons. The lowest BCUT2D eigenvalue weighted by atomic mass is 10.1. The van der Waals surface area contributed by atoms with Crippen LogP contribution in [0.3, 0.4) is 0 Å². The van der Waals surface area contributed by atoms with E-state index in [9.17, 15) is 9.59 Å². The zero-order valence-electron chi connectivity index (χ0n) is 14.9. The Bertz CT molecular complexity index is 1160. The second-order valence-electron chi connectivity index (χ2n) is 6.22. The van der Waals surface area contributed by atoms with Crippen LogP contribution >= 0.6 is 0 Å². The maximum Gasteiger partial charge on any atom is 0.341 e. The molecule has 2 aromatic carbocycles. The molecule has 0 fully saturated rings. The van der Waals surface area contributed by atoms with Gasteiger partial charge in [-0.15, -0.1) is 0 Å². The summed E-state index contributed by atoms with van der Waals surface area (Å²) in [7, 11) is 1.31. The third-order valence-electron chi connectivity index (χ3n) is 4.38. The van der Waals surface area contributed by atoms with Crippen LogP contribution in [0.25, 0.3) is 22.6 Å². The normalized spacial score (nSPS) is 10.9. The van der Waals surface area contributed by atoms with Crippen molar-refractivity contribution in [3.8, 4) is 22.6 Å². The van der Waals surface area contributed by atoms with Crippen LogP contribution in [0.2, 0.25) is 0 Å². The maximum atomic E-state index is 13.0. The average molecular weight is 359 g/mol. The van der Waals surface area contributed by atoms with Gasteiger partial charge in [0.2, 0.25) is 0 Å². The number of para-hydroxylation sites is 1. The fraction of sp³-hybridized carbons (Fsp3) is 0.0952. The van der Waals surface area contributed by atoms with E-state index in [0.29, 0.717) is 16.9 Å². The van der Waals surface area contributed by atoms with Gasteiger partial charge < -0.3 is 9.30 Å². The number of hydrogen-bond acceptors (Lipinski definition) is 4. The predicted octanol–water partition coefficient (Wildman–Crippen LogP) is 3.22. The quantitative estimate of drug-likeness (QED) is 0.527. The first-order valence-electron chi connectivity index (χ1n) is 8.44. The van der Waals surface area contributed by atoms with E-state index in [-0.39, 0.29) is 11.1 Å². The molecule has 0 bridgehead atoms. The molecule has 6 nitrogen and oxygen atoms in total. The molecule has 0 saturated carbocycles. The first-order valence-corrected chi connectivity index (χ1v) is 8.44. The second kappa shape index (κ2) is 6.57. The van der Waals surface area contributed by atoms with Crippen molar-refractivity contribution in [1.29, 1.82) is 0 Å². The van der Waals surface area contributed by atoms with E-state index in [1.54, 1.807) is 29.1 Å². The molecular formula is C21H17N3O3. The smallest absolute Gasteiger partial charge is 0.341 e. The Labute approximate surface area is 155 Å². The first-order chi connectivity index (χ1) is 13.1. The summed E-state index contributed by atoms with van der Waals surface area (Å²) in [4.78, 5) is 25.3. The molecular weight excluding hydrogens is 342 g/mol. The number of hydrogen-bond donors (Lipinski definition) is 0. The van der Waals surface area contributed by atoms with Gasteiger partial charge in [-0.05, 0) is 36.8 Å². The molecule has 0 spiro atoms. The van der Waals surface area contributed by atoms with Crippen molar-refractivity contribution in [2.45, 2.75) is 6.92 Å². The molecule has 2 aliphatic heterocycles. The Balaban J connectivity index is 2.01. The highest BCUT2D eigenvalue weighted by molar-refractivity contribution is 5.96. The summed E-state index contributed by atoms with van der Waals surface area (Å²) in [5.74, 6) is -0.542. The number of methoxy groups -OCH3 is 1. The molecule has 0 N–H and O–H groups in total. The molecule has 6 heteroatoms. The monoisotopic (exact) mass is 359 g/mol. The molecule has 0 atom stereocenters. The minimum atomic E-state index is -0.542. The average Bonchev–Trinajstić information content (AvgIpc) is 3.04. The number of pyridine rings is 1. The maximum absolute atomic E-state index is 13.0. The zero-order chi connectivity index (χ0) is 19.0. The third-order valence-corrected chi connectivity index (χ3v) is 4.38. The number of aromatic nitrogens is 3. The number of rotatable bonds is 3. The number of aryl methyl sites for hydroxylation is 1. The highest BCUT2D eigenvalue weighted by Crippen LogP contribution is 2.25. The van der Waals surface area contributed by atoms with Gasteiger partial charge in [0.1, 0.15) is 11.3 Å². The van der Waals surface area contributed by atoms with E-state index in [0.717, 1.165) is 11.3 Å². The van der Waals surface area contributed by atoms with Gasteiger partial charge in [0.25, 0.3) is 5.56 Å². The van der Waals surface area contributed by atoms with E-state index in [4.69, 9.17) is 4.74 Å². The van der Waals surface area contributed by atoms with Crippen LogP contribution in [-0.2, 0) is 4.74 Å². The van der Waals surface area contributed by atoms with Crippen molar-refractivity contribution >= 4 is 5.97 Å². The van der Waals surface area contributed by atoms with E-state index >= 15 is 0 Å². The highest BCUT2D eigenvalue weighted by Gasteiger charge is 2.25.